The molecule has 0 aliphatic heterocycles. The fraction of sp³-hybridized carbons (Fsp3) is 0.0714. The summed E-state index contributed by atoms with van der Waals surface area (Å²) in [5, 5.41) is 5.41. The van der Waals surface area contributed by atoms with Gasteiger partial charge in [0.1, 0.15) is 5.82 Å². The van der Waals surface area contributed by atoms with Crippen molar-refractivity contribution in [1.29, 1.82) is 0 Å². The summed E-state index contributed by atoms with van der Waals surface area (Å²) in [6, 6.07) is 11.5. The zero-order valence-electron chi connectivity index (χ0n) is 10.2. The molecule has 0 saturated carbocycles. The largest absolute Gasteiger partial charge is 0.386 e. The molecule has 0 aliphatic rings. The molecule has 0 fully saturated rings. The van der Waals surface area contributed by atoms with Crippen LogP contribution in [0.25, 0.3) is 0 Å². The number of carbonyl (C=O) groups is 1. The summed E-state index contributed by atoms with van der Waals surface area (Å²) in [5.41, 5.74) is 1.30. The van der Waals surface area contributed by atoms with Gasteiger partial charge in [0, 0.05) is 22.8 Å². The van der Waals surface area contributed by atoms with Crippen LogP contribution in [0.1, 0.15) is 10.4 Å². The summed E-state index contributed by atoms with van der Waals surface area (Å²) in [6.45, 7) is 0. The van der Waals surface area contributed by atoms with E-state index in [-0.39, 0.29) is 11.5 Å². The van der Waals surface area contributed by atoms with Crippen molar-refractivity contribution in [1.82, 2.24) is 0 Å². The quantitative estimate of drug-likeness (QED) is 0.900. The minimum absolute atomic E-state index is 0.277. The van der Waals surface area contributed by atoms with E-state index in [0.717, 1.165) is 4.47 Å². The standard InChI is InChI=1S/C14H12BrFN2O/c1-17-13-7-2-9(8-12(13)16)14(19)18-11-5-3-10(15)4-6-11/h2-8,17H,1H3,(H,18,19). The van der Waals surface area contributed by atoms with Crippen LogP contribution < -0.4 is 10.6 Å². The van der Waals surface area contributed by atoms with E-state index in [4.69, 9.17) is 0 Å². The highest BCUT2D eigenvalue weighted by Gasteiger charge is 2.09. The summed E-state index contributed by atoms with van der Waals surface area (Å²) >= 11 is 3.31. The Balaban J connectivity index is 2.16. The smallest absolute Gasteiger partial charge is 0.255 e. The van der Waals surface area contributed by atoms with Gasteiger partial charge in [-0.2, -0.15) is 0 Å². The maximum Gasteiger partial charge on any atom is 0.255 e. The number of rotatable bonds is 3. The lowest BCUT2D eigenvalue weighted by molar-refractivity contribution is 0.102. The van der Waals surface area contributed by atoms with E-state index < -0.39 is 5.82 Å². The monoisotopic (exact) mass is 322 g/mol. The molecule has 19 heavy (non-hydrogen) atoms. The maximum atomic E-state index is 13.6. The molecular weight excluding hydrogens is 311 g/mol. The van der Waals surface area contributed by atoms with E-state index in [9.17, 15) is 9.18 Å². The summed E-state index contributed by atoms with van der Waals surface area (Å²) in [6.07, 6.45) is 0. The molecule has 0 atom stereocenters. The molecule has 0 aromatic heterocycles. The third kappa shape index (κ3) is 3.32. The van der Waals surface area contributed by atoms with Crippen LogP contribution in [0.3, 0.4) is 0 Å². The van der Waals surface area contributed by atoms with Crippen molar-refractivity contribution < 1.29 is 9.18 Å². The number of nitrogens with one attached hydrogen (secondary N) is 2. The minimum Gasteiger partial charge on any atom is -0.386 e. The van der Waals surface area contributed by atoms with Crippen molar-refractivity contribution in [2.75, 3.05) is 17.7 Å². The lowest BCUT2D eigenvalue weighted by atomic mass is 10.1. The maximum absolute atomic E-state index is 13.6. The number of halogens is 2. The Hall–Kier alpha value is -1.88. The first-order valence-electron chi connectivity index (χ1n) is 5.64. The van der Waals surface area contributed by atoms with Gasteiger partial charge in [-0.05, 0) is 42.5 Å². The van der Waals surface area contributed by atoms with Gasteiger partial charge in [-0.15, -0.1) is 0 Å². The van der Waals surface area contributed by atoms with Crippen LogP contribution in [-0.4, -0.2) is 13.0 Å². The van der Waals surface area contributed by atoms with Crippen LogP contribution >= 0.6 is 15.9 Å². The first kappa shape index (κ1) is 13.5. The Morgan fingerprint density at radius 2 is 1.84 bits per heavy atom. The highest BCUT2D eigenvalue weighted by atomic mass is 79.9. The van der Waals surface area contributed by atoms with Gasteiger partial charge in [-0.25, -0.2) is 4.39 Å². The molecule has 0 saturated heterocycles. The van der Waals surface area contributed by atoms with Crippen LogP contribution in [0.4, 0.5) is 15.8 Å². The normalized spacial score (nSPS) is 10.1. The SMILES string of the molecule is CNc1ccc(C(=O)Nc2ccc(Br)cc2)cc1F. The van der Waals surface area contributed by atoms with Gasteiger partial charge in [-0.1, -0.05) is 15.9 Å². The molecule has 5 heteroatoms. The van der Waals surface area contributed by atoms with Crippen LogP contribution in [0, 0.1) is 5.82 Å². The van der Waals surface area contributed by atoms with E-state index in [1.807, 2.05) is 12.1 Å². The molecule has 2 rings (SSSR count). The Labute approximate surface area is 119 Å². The summed E-state index contributed by atoms with van der Waals surface area (Å²) in [5.74, 6) is -0.796. The van der Waals surface area contributed by atoms with Gasteiger partial charge in [0.2, 0.25) is 0 Å². The molecule has 2 aromatic rings. The van der Waals surface area contributed by atoms with E-state index in [2.05, 4.69) is 26.6 Å². The zero-order chi connectivity index (χ0) is 13.8. The molecular formula is C14H12BrFN2O. The van der Waals surface area contributed by atoms with Gasteiger partial charge >= 0.3 is 0 Å². The number of hydrogen-bond acceptors (Lipinski definition) is 2. The average Bonchev–Trinajstić information content (AvgIpc) is 2.41. The minimum atomic E-state index is -0.453. The van der Waals surface area contributed by atoms with Crippen molar-refractivity contribution in [2.45, 2.75) is 0 Å². The Kier molecular flexibility index (Phi) is 4.16. The Morgan fingerprint density at radius 3 is 2.42 bits per heavy atom. The van der Waals surface area contributed by atoms with Crippen molar-refractivity contribution in [3.05, 3.63) is 58.3 Å². The lowest BCUT2D eigenvalue weighted by Crippen LogP contribution is -2.12. The fourth-order valence-electron chi connectivity index (χ4n) is 1.60. The number of amides is 1. The summed E-state index contributed by atoms with van der Waals surface area (Å²) in [4.78, 5) is 11.9. The van der Waals surface area contributed by atoms with Crippen LogP contribution in [0.2, 0.25) is 0 Å². The molecule has 3 nitrogen and oxygen atoms in total. The van der Waals surface area contributed by atoms with Crippen molar-refractivity contribution in [2.24, 2.45) is 0 Å². The molecule has 98 valence electrons. The van der Waals surface area contributed by atoms with Crippen LogP contribution in [-0.2, 0) is 0 Å². The van der Waals surface area contributed by atoms with E-state index in [1.165, 1.54) is 12.1 Å². The molecule has 1 amide bonds. The van der Waals surface area contributed by atoms with Crippen molar-refractivity contribution in [3.63, 3.8) is 0 Å². The number of carbonyl (C=O) groups excluding carboxylic acids is 1. The number of hydrogen-bond donors (Lipinski definition) is 2. The Morgan fingerprint density at radius 1 is 1.16 bits per heavy atom. The predicted molar refractivity (Wildman–Crippen MR) is 78.0 cm³/mol. The molecule has 2 aromatic carbocycles. The second-order valence-electron chi connectivity index (χ2n) is 3.91. The molecule has 0 radical (unpaired) electrons. The van der Waals surface area contributed by atoms with Crippen LogP contribution in [0.5, 0.6) is 0 Å². The zero-order valence-corrected chi connectivity index (χ0v) is 11.8. The number of anilines is 2. The first-order valence-corrected chi connectivity index (χ1v) is 6.43. The molecule has 0 aliphatic carbocycles. The predicted octanol–water partition coefficient (Wildman–Crippen LogP) is 3.88. The van der Waals surface area contributed by atoms with E-state index >= 15 is 0 Å². The summed E-state index contributed by atoms with van der Waals surface area (Å²) < 4.78 is 14.5. The summed E-state index contributed by atoms with van der Waals surface area (Å²) in [7, 11) is 1.62. The van der Waals surface area contributed by atoms with Crippen molar-refractivity contribution in [3.8, 4) is 0 Å². The topological polar surface area (TPSA) is 41.1 Å². The van der Waals surface area contributed by atoms with Gasteiger partial charge < -0.3 is 10.6 Å². The molecule has 0 bridgehead atoms. The second kappa shape index (κ2) is 5.84. The fourth-order valence-corrected chi connectivity index (χ4v) is 1.86. The molecule has 0 heterocycles. The Bertz CT molecular complexity index is 599. The number of benzene rings is 2. The molecule has 2 N–H and O–H groups in total. The average molecular weight is 323 g/mol. The second-order valence-corrected chi connectivity index (χ2v) is 4.82. The van der Waals surface area contributed by atoms with Crippen molar-refractivity contribution >= 4 is 33.2 Å². The lowest BCUT2D eigenvalue weighted by Gasteiger charge is -2.07. The van der Waals surface area contributed by atoms with E-state index in [0.29, 0.717) is 11.4 Å². The third-order valence-electron chi connectivity index (χ3n) is 2.60. The van der Waals surface area contributed by atoms with Crippen LogP contribution in [0.15, 0.2) is 46.9 Å². The van der Waals surface area contributed by atoms with Gasteiger partial charge in [0.05, 0.1) is 5.69 Å². The molecule has 0 spiro atoms. The first-order chi connectivity index (χ1) is 9.10. The molecule has 0 unspecified atom stereocenters. The highest BCUT2D eigenvalue weighted by Crippen LogP contribution is 2.18. The van der Waals surface area contributed by atoms with E-state index in [1.54, 1.807) is 25.2 Å². The van der Waals surface area contributed by atoms with Gasteiger partial charge in [-0.3, -0.25) is 4.79 Å². The highest BCUT2D eigenvalue weighted by molar-refractivity contribution is 9.10. The van der Waals surface area contributed by atoms with Gasteiger partial charge in [0.25, 0.3) is 5.91 Å². The van der Waals surface area contributed by atoms with Gasteiger partial charge in [0.15, 0.2) is 0 Å². The third-order valence-corrected chi connectivity index (χ3v) is 3.13.